The molecule has 0 aromatic rings. The van der Waals surface area contributed by atoms with E-state index in [0.29, 0.717) is 6.42 Å². The maximum absolute atomic E-state index is 10.8. The van der Waals surface area contributed by atoms with Crippen LogP contribution in [0.3, 0.4) is 0 Å². The lowest BCUT2D eigenvalue weighted by molar-refractivity contribution is -0.117. The second-order valence-electron chi connectivity index (χ2n) is 8.64. The Labute approximate surface area is 180 Å². The van der Waals surface area contributed by atoms with Crippen LogP contribution in [0.4, 0.5) is 0 Å². The molecule has 0 radical (unpaired) electrons. The molecule has 0 rings (SSSR count). The van der Waals surface area contributed by atoms with Crippen LogP contribution in [-0.2, 0) is 4.79 Å². The fourth-order valence-corrected chi connectivity index (χ4v) is 3.07. The Kier molecular flexibility index (Phi) is 16.0. The highest BCUT2D eigenvalue weighted by Gasteiger charge is 1.96. The van der Waals surface area contributed by atoms with Gasteiger partial charge in [0.1, 0.15) is 0 Å². The van der Waals surface area contributed by atoms with Crippen LogP contribution in [0.5, 0.6) is 0 Å². The van der Waals surface area contributed by atoms with Crippen LogP contribution in [0.15, 0.2) is 58.2 Å². The van der Waals surface area contributed by atoms with Gasteiger partial charge in [-0.1, -0.05) is 58.2 Å². The van der Waals surface area contributed by atoms with Gasteiger partial charge in [0.25, 0.3) is 0 Å². The molecule has 0 unspecified atom stereocenters. The van der Waals surface area contributed by atoms with Crippen molar-refractivity contribution < 1.29 is 4.79 Å². The summed E-state index contributed by atoms with van der Waals surface area (Å²) in [6.45, 7) is 13.1. The summed E-state index contributed by atoms with van der Waals surface area (Å²) in [4.78, 5) is 10.8. The molecule has 0 atom stereocenters. The van der Waals surface area contributed by atoms with Gasteiger partial charge in [-0.3, -0.25) is 4.79 Å². The number of nitrogens with two attached hydrogens (primary N) is 1. The van der Waals surface area contributed by atoms with Crippen LogP contribution in [0.1, 0.15) is 106 Å². The van der Waals surface area contributed by atoms with Crippen LogP contribution in [0.2, 0.25) is 0 Å². The summed E-state index contributed by atoms with van der Waals surface area (Å²) in [5.74, 6) is -0.220. The minimum Gasteiger partial charge on any atom is -0.370 e. The molecule has 0 bridgehead atoms. The predicted molar refractivity (Wildman–Crippen MR) is 130 cm³/mol. The highest BCUT2D eigenvalue weighted by atomic mass is 16.1. The van der Waals surface area contributed by atoms with Crippen LogP contribution in [-0.4, -0.2) is 5.91 Å². The van der Waals surface area contributed by atoms with E-state index in [2.05, 4.69) is 71.9 Å². The molecular weight excluding hydrogens is 354 g/mol. The Morgan fingerprint density at radius 3 is 1.24 bits per heavy atom. The summed E-state index contributed by atoms with van der Waals surface area (Å²) in [6.07, 6.45) is 22.0. The van der Waals surface area contributed by atoms with Gasteiger partial charge >= 0.3 is 0 Å². The molecule has 0 aliphatic carbocycles. The maximum atomic E-state index is 10.8. The highest BCUT2D eigenvalue weighted by molar-refractivity contribution is 5.73. The van der Waals surface area contributed by atoms with Crippen molar-refractivity contribution in [2.45, 2.75) is 106 Å². The molecule has 2 nitrogen and oxygen atoms in total. The smallest absolute Gasteiger partial charge is 0.217 e. The lowest BCUT2D eigenvalue weighted by Gasteiger charge is -2.02. The van der Waals surface area contributed by atoms with E-state index in [4.69, 9.17) is 5.73 Å². The Hall–Kier alpha value is -1.83. The number of unbranched alkanes of at least 4 members (excludes halogenated alkanes) is 1. The van der Waals surface area contributed by atoms with Gasteiger partial charge in [0, 0.05) is 6.42 Å². The van der Waals surface area contributed by atoms with Crippen molar-refractivity contribution in [3.8, 4) is 0 Å². The zero-order valence-electron chi connectivity index (χ0n) is 19.9. The highest BCUT2D eigenvalue weighted by Crippen LogP contribution is 2.14. The van der Waals surface area contributed by atoms with Crippen molar-refractivity contribution in [2.75, 3.05) is 0 Å². The summed E-state index contributed by atoms with van der Waals surface area (Å²) in [6, 6.07) is 0. The van der Waals surface area contributed by atoms with Crippen molar-refractivity contribution in [1.29, 1.82) is 0 Å². The van der Waals surface area contributed by atoms with Crippen molar-refractivity contribution in [3.63, 3.8) is 0 Å². The van der Waals surface area contributed by atoms with E-state index in [-0.39, 0.29) is 5.91 Å². The Balaban J connectivity index is 4.04. The summed E-state index contributed by atoms with van der Waals surface area (Å²) < 4.78 is 0. The molecule has 0 aromatic carbocycles. The first-order valence-electron chi connectivity index (χ1n) is 11.2. The van der Waals surface area contributed by atoms with E-state index in [1.807, 2.05) is 0 Å². The monoisotopic (exact) mass is 399 g/mol. The number of rotatable bonds is 15. The van der Waals surface area contributed by atoms with Gasteiger partial charge in [-0.15, -0.1) is 0 Å². The molecule has 0 aromatic heterocycles. The first-order chi connectivity index (χ1) is 13.7. The fraction of sp³-hybridized carbons (Fsp3) is 0.593. The zero-order chi connectivity index (χ0) is 22.1. The van der Waals surface area contributed by atoms with Gasteiger partial charge in [0.05, 0.1) is 0 Å². The maximum Gasteiger partial charge on any atom is 0.217 e. The minimum absolute atomic E-state index is 0.220. The van der Waals surface area contributed by atoms with E-state index in [9.17, 15) is 4.79 Å². The largest absolute Gasteiger partial charge is 0.370 e. The van der Waals surface area contributed by atoms with Gasteiger partial charge in [-0.05, 0) is 99.3 Å². The number of hydrogen-bond donors (Lipinski definition) is 1. The van der Waals surface area contributed by atoms with E-state index in [1.54, 1.807) is 0 Å². The molecule has 0 heterocycles. The first-order valence-corrected chi connectivity index (χ1v) is 11.2. The number of amides is 1. The molecule has 2 N–H and O–H groups in total. The predicted octanol–water partition coefficient (Wildman–Crippen LogP) is 8.12. The van der Waals surface area contributed by atoms with Crippen molar-refractivity contribution in [1.82, 2.24) is 0 Å². The first kappa shape index (κ1) is 27.2. The molecule has 0 spiro atoms. The molecule has 2 heteroatoms. The molecule has 0 aliphatic heterocycles. The second-order valence-corrected chi connectivity index (χ2v) is 8.64. The van der Waals surface area contributed by atoms with E-state index in [1.165, 1.54) is 34.3 Å². The molecule has 164 valence electrons. The molecule has 0 aliphatic rings. The molecule has 1 amide bonds. The van der Waals surface area contributed by atoms with E-state index in [0.717, 1.165) is 51.4 Å². The Morgan fingerprint density at radius 1 is 0.517 bits per heavy atom. The van der Waals surface area contributed by atoms with Crippen LogP contribution in [0, 0.1) is 0 Å². The number of primary amides is 1. The second kappa shape index (κ2) is 17.1. The minimum atomic E-state index is -0.220. The topological polar surface area (TPSA) is 43.1 Å². The SMILES string of the molecule is CC(C)=CCCC(C)=CCCC(C)=CCCC=C(C)CCC=C(C)CCC(N)=O. The summed E-state index contributed by atoms with van der Waals surface area (Å²) in [5.41, 5.74) is 12.3. The van der Waals surface area contributed by atoms with Crippen LogP contribution in [0.25, 0.3) is 0 Å². The standard InChI is InChI=1S/C27H45NO/c1-22(2)12-9-15-25(5)18-10-16-23(3)13-7-8-14-24(4)17-11-19-26(6)20-21-27(28)29/h12-14,18-19H,7-11,15-17,20-21H2,1-6H3,(H2,28,29). The Morgan fingerprint density at radius 2 is 0.862 bits per heavy atom. The summed E-state index contributed by atoms with van der Waals surface area (Å²) in [7, 11) is 0. The third kappa shape index (κ3) is 19.3. The Bertz CT molecular complexity index is 625. The number of allylic oxidation sites excluding steroid dienone is 10. The lowest BCUT2D eigenvalue weighted by Crippen LogP contribution is -2.09. The molecule has 0 saturated heterocycles. The van der Waals surface area contributed by atoms with Crippen molar-refractivity contribution >= 4 is 5.91 Å². The van der Waals surface area contributed by atoms with E-state index >= 15 is 0 Å². The normalized spacial score (nSPS) is 13.6. The average Bonchev–Trinajstić information content (AvgIpc) is 2.63. The average molecular weight is 400 g/mol. The summed E-state index contributed by atoms with van der Waals surface area (Å²) in [5, 5.41) is 0. The number of carbonyl (C=O) groups is 1. The molecule has 29 heavy (non-hydrogen) atoms. The fourth-order valence-electron chi connectivity index (χ4n) is 3.07. The van der Waals surface area contributed by atoms with Crippen molar-refractivity contribution in [3.05, 3.63) is 58.2 Å². The van der Waals surface area contributed by atoms with Crippen LogP contribution >= 0.6 is 0 Å². The molecular formula is C27H45NO. The van der Waals surface area contributed by atoms with E-state index < -0.39 is 0 Å². The third-order valence-corrected chi connectivity index (χ3v) is 5.07. The van der Waals surface area contributed by atoms with Crippen molar-refractivity contribution in [2.24, 2.45) is 5.73 Å². The van der Waals surface area contributed by atoms with Gasteiger partial charge in [-0.2, -0.15) is 0 Å². The number of hydrogen-bond acceptors (Lipinski definition) is 1. The van der Waals surface area contributed by atoms with Gasteiger partial charge in [-0.25, -0.2) is 0 Å². The quantitative estimate of drug-likeness (QED) is 0.219. The molecule has 0 fully saturated rings. The van der Waals surface area contributed by atoms with Gasteiger partial charge in [0.2, 0.25) is 5.91 Å². The lowest BCUT2D eigenvalue weighted by atomic mass is 10.0. The third-order valence-electron chi connectivity index (χ3n) is 5.07. The van der Waals surface area contributed by atoms with Crippen LogP contribution < -0.4 is 5.73 Å². The summed E-state index contributed by atoms with van der Waals surface area (Å²) >= 11 is 0. The van der Waals surface area contributed by atoms with Gasteiger partial charge in [0.15, 0.2) is 0 Å². The molecule has 0 saturated carbocycles. The number of carbonyl (C=O) groups excluding carboxylic acids is 1. The van der Waals surface area contributed by atoms with Gasteiger partial charge < -0.3 is 5.73 Å². The zero-order valence-corrected chi connectivity index (χ0v) is 19.9.